The molecule has 0 radical (unpaired) electrons. The summed E-state index contributed by atoms with van der Waals surface area (Å²) in [6.07, 6.45) is 6.96. The van der Waals surface area contributed by atoms with Gasteiger partial charge < -0.3 is 9.80 Å². The minimum atomic E-state index is 0.151. The van der Waals surface area contributed by atoms with Gasteiger partial charge in [0, 0.05) is 48.7 Å². The lowest BCUT2D eigenvalue weighted by Gasteiger charge is -2.30. The Labute approximate surface area is 195 Å². The number of thiophene rings is 1. The van der Waals surface area contributed by atoms with E-state index in [0.29, 0.717) is 12.1 Å². The van der Waals surface area contributed by atoms with Gasteiger partial charge in [0.05, 0.1) is 4.88 Å². The second-order valence-corrected chi connectivity index (χ2v) is 10.6. The maximum Gasteiger partial charge on any atom is 0.263 e. The molecule has 170 valence electrons. The summed E-state index contributed by atoms with van der Waals surface area (Å²) in [7, 11) is 0. The number of carbonyl (C=O) groups is 2. The molecule has 32 heavy (non-hydrogen) atoms. The third-order valence-corrected chi connectivity index (χ3v) is 8.52. The van der Waals surface area contributed by atoms with Crippen LogP contribution in [-0.2, 0) is 0 Å². The zero-order chi connectivity index (χ0) is 22.1. The normalized spacial score (nSPS) is 23.9. The molecule has 2 amide bonds. The van der Waals surface area contributed by atoms with E-state index < -0.39 is 0 Å². The number of hydrogen-bond acceptors (Lipinski definition) is 4. The van der Waals surface area contributed by atoms with Gasteiger partial charge in [-0.05, 0) is 81.8 Å². The van der Waals surface area contributed by atoms with Gasteiger partial charge in [-0.15, -0.1) is 11.3 Å². The van der Waals surface area contributed by atoms with E-state index in [-0.39, 0.29) is 11.8 Å². The Hall–Kier alpha value is -2.18. The summed E-state index contributed by atoms with van der Waals surface area (Å²) in [5.41, 5.74) is 1.83. The molecule has 1 unspecified atom stereocenters. The zero-order valence-electron chi connectivity index (χ0n) is 19.0. The Morgan fingerprint density at radius 2 is 1.62 bits per heavy atom. The SMILES string of the molecule is C[C@H]1CCCN1CC1CCCN1C(=O)c1ccc(-c2ccc(C(=O)N3CCCC3)s2)cc1. The number of hydrogen-bond donors (Lipinski definition) is 0. The van der Waals surface area contributed by atoms with E-state index in [1.54, 1.807) is 11.3 Å². The van der Waals surface area contributed by atoms with Crippen LogP contribution < -0.4 is 0 Å². The Morgan fingerprint density at radius 3 is 2.34 bits per heavy atom. The summed E-state index contributed by atoms with van der Waals surface area (Å²) < 4.78 is 0. The van der Waals surface area contributed by atoms with E-state index in [9.17, 15) is 9.59 Å². The average molecular weight is 452 g/mol. The lowest BCUT2D eigenvalue weighted by molar-refractivity contribution is 0.0696. The smallest absolute Gasteiger partial charge is 0.263 e. The van der Waals surface area contributed by atoms with E-state index in [0.717, 1.165) is 79.3 Å². The fraction of sp³-hybridized carbons (Fsp3) is 0.538. The molecule has 1 aromatic heterocycles. The van der Waals surface area contributed by atoms with Crippen LogP contribution in [0.4, 0.5) is 0 Å². The van der Waals surface area contributed by atoms with Crippen LogP contribution in [0.15, 0.2) is 36.4 Å². The van der Waals surface area contributed by atoms with Crippen LogP contribution in [0.5, 0.6) is 0 Å². The van der Waals surface area contributed by atoms with Crippen molar-refractivity contribution in [3.63, 3.8) is 0 Å². The van der Waals surface area contributed by atoms with E-state index in [4.69, 9.17) is 0 Å². The fourth-order valence-electron chi connectivity index (χ4n) is 5.45. The predicted octanol–water partition coefficient (Wildman–Crippen LogP) is 4.74. The summed E-state index contributed by atoms with van der Waals surface area (Å²) in [5.74, 6) is 0.305. The van der Waals surface area contributed by atoms with Gasteiger partial charge in [-0.25, -0.2) is 0 Å². The first-order valence-corrected chi connectivity index (χ1v) is 13.0. The number of rotatable bonds is 5. The van der Waals surface area contributed by atoms with Gasteiger partial charge in [0.1, 0.15) is 0 Å². The standard InChI is InChI=1S/C26H33N3O2S/c1-19-6-4-16-28(19)18-22-7-5-17-29(22)25(30)21-10-8-20(9-11-21)23-12-13-24(32-23)26(31)27-14-2-3-15-27/h8-13,19,22H,2-7,14-18H2,1H3/t19-,22?/m0/s1. The largest absolute Gasteiger partial charge is 0.338 e. The van der Waals surface area contributed by atoms with Crippen LogP contribution in [0.25, 0.3) is 10.4 Å². The minimum absolute atomic E-state index is 0.151. The third kappa shape index (κ3) is 4.35. The lowest BCUT2D eigenvalue weighted by Crippen LogP contribution is -2.44. The Bertz CT molecular complexity index is 964. The zero-order valence-corrected chi connectivity index (χ0v) is 19.8. The van der Waals surface area contributed by atoms with Gasteiger partial charge in [0.15, 0.2) is 0 Å². The van der Waals surface area contributed by atoms with Crippen molar-refractivity contribution in [1.29, 1.82) is 0 Å². The molecule has 2 atom stereocenters. The number of benzene rings is 1. The summed E-state index contributed by atoms with van der Waals surface area (Å²) in [6.45, 7) is 7.08. The van der Waals surface area contributed by atoms with Crippen molar-refractivity contribution >= 4 is 23.2 Å². The molecule has 0 N–H and O–H groups in total. The molecular formula is C26H33N3O2S. The Balaban J connectivity index is 1.25. The van der Waals surface area contributed by atoms with E-state index in [2.05, 4.69) is 16.7 Å². The molecule has 5 nitrogen and oxygen atoms in total. The number of likely N-dealkylation sites (tertiary alicyclic amines) is 3. The minimum Gasteiger partial charge on any atom is -0.338 e. The van der Waals surface area contributed by atoms with Crippen LogP contribution in [0.3, 0.4) is 0 Å². The van der Waals surface area contributed by atoms with Crippen molar-refractivity contribution in [2.45, 2.75) is 57.5 Å². The number of nitrogens with zero attached hydrogens (tertiary/aromatic N) is 3. The highest BCUT2D eigenvalue weighted by Crippen LogP contribution is 2.31. The quantitative estimate of drug-likeness (QED) is 0.660. The molecular weight excluding hydrogens is 418 g/mol. The molecule has 1 aromatic carbocycles. The first-order valence-electron chi connectivity index (χ1n) is 12.1. The lowest BCUT2D eigenvalue weighted by atomic mass is 10.1. The summed E-state index contributed by atoms with van der Waals surface area (Å²) in [6, 6.07) is 12.9. The van der Waals surface area contributed by atoms with Gasteiger partial charge in [-0.1, -0.05) is 12.1 Å². The fourth-order valence-corrected chi connectivity index (χ4v) is 6.43. The van der Waals surface area contributed by atoms with Crippen molar-refractivity contribution in [3.05, 3.63) is 46.8 Å². The van der Waals surface area contributed by atoms with E-state index >= 15 is 0 Å². The second kappa shape index (κ2) is 9.36. The first-order chi connectivity index (χ1) is 15.6. The van der Waals surface area contributed by atoms with E-state index in [1.807, 2.05) is 41.3 Å². The molecule has 0 aliphatic carbocycles. The maximum absolute atomic E-state index is 13.3. The maximum atomic E-state index is 13.3. The molecule has 5 rings (SSSR count). The summed E-state index contributed by atoms with van der Waals surface area (Å²) >= 11 is 1.55. The molecule has 6 heteroatoms. The van der Waals surface area contributed by atoms with E-state index in [1.165, 1.54) is 12.8 Å². The first kappa shape index (κ1) is 21.7. The van der Waals surface area contributed by atoms with Crippen LogP contribution >= 0.6 is 11.3 Å². The molecule has 0 spiro atoms. The van der Waals surface area contributed by atoms with Crippen molar-refractivity contribution in [1.82, 2.24) is 14.7 Å². The van der Waals surface area contributed by atoms with Gasteiger partial charge >= 0.3 is 0 Å². The van der Waals surface area contributed by atoms with Crippen LogP contribution in [0.2, 0.25) is 0 Å². The summed E-state index contributed by atoms with van der Waals surface area (Å²) in [4.78, 5) is 34.4. The highest BCUT2D eigenvalue weighted by Gasteiger charge is 2.33. The molecule has 4 heterocycles. The van der Waals surface area contributed by atoms with Gasteiger partial charge in [0.2, 0.25) is 0 Å². The molecule has 2 aromatic rings. The van der Waals surface area contributed by atoms with Crippen molar-refractivity contribution in [3.8, 4) is 10.4 Å². The average Bonchev–Trinajstić information content (AvgIpc) is 3.61. The second-order valence-electron chi connectivity index (χ2n) is 9.52. The Kier molecular flexibility index (Phi) is 6.33. The van der Waals surface area contributed by atoms with Gasteiger partial charge in [-0.2, -0.15) is 0 Å². The molecule has 3 fully saturated rings. The molecule has 3 aliphatic rings. The van der Waals surface area contributed by atoms with Crippen LogP contribution in [-0.4, -0.2) is 71.3 Å². The molecule has 3 aliphatic heterocycles. The predicted molar refractivity (Wildman–Crippen MR) is 129 cm³/mol. The van der Waals surface area contributed by atoms with Crippen molar-refractivity contribution < 1.29 is 9.59 Å². The molecule has 0 saturated carbocycles. The van der Waals surface area contributed by atoms with Crippen LogP contribution in [0.1, 0.15) is 65.5 Å². The molecule has 0 bridgehead atoms. The van der Waals surface area contributed by atoms with Crippen LogP contribution in [0, 0.1) is 0 Å². The Morgan fingerprint density at radius 1 is 0.875 bits per heavy atom. The number of amides is 2. The topological polar surface area (TPSA) is 43.9 Å². The highest BCUT2D eigenvalue weighted by atomic mass is 32.1. The monoisotopic (exact) mass is 451 g/mol. The van der Waals surface area contributed by atoms with Gasteiger partial charge in [-0.3, -0.25) is 14.5 Å². The van der Waals surface area contributed by atoms with Gasteiger partial charge in [0.25, 0.3) is 11.8 Å². The summed E-state index contributed by atoms with van der Waals surface area (Å²) in [5, 5.41) is 0. The molecule has 3 saturated heterocycles. The highest BCUT2D eigenvalue weighted by molar-refractivity contribution is 7.17. The third-order valence-electron chi connectivity index (χ3n) is 7.40. The van der Waals surface area contributed by atoms with Crippen molar-refractivity contribution in [2.24, 2.45) is 0 Å². The van der Waals surface area contributed by atoms with Crippen molar-refractivity contribution in [2.75, 3.05) is 32.7 Å². The number of carbonyl (C=O) groups excluding carboxylic acids is 2.